The molecule has 52 valence electrons. The summed E-state index contributed by atoms with van der Waals surface area (Å²) in [6, 6.07) is 0. The Bertz CT molecular complexity index is 120. The number of hydrogen-bond acceptors (Lipinski definition) is 4. The van der Waals surface area contributed by atoms with E-state index in [0.29, 0.717) is 6.42 Å². The summed E-state index contributed by atoms with van der Waals surface area (Å²) in [6.45, 7) is 3.66. The Kier molecular flexibility index (Phi) is 3.43. The number of hydrazone groups is 2. The van der Waals surface area contributed by atoms with Gasteiger partial charge in [0.1, 0.15) is 0 Å². The zero-order valence-corrected chi connectivity index (χ0v) is 5.76. The molecular weight excluding hydrogens is 116 g/mol. The molecule has 0 saturated heterocycles. The van der Waals surface area contributed by atoms with Crippen molar-refractivity contribution in [1.29, 1.82) is 0 Å². The van der Waals surface area contributed by atoms with Gasteiger partial charge in [0.25, 0.3) is 0 Å². The van der Waals surface area contributed by atoms with E-state index in [4.69, 9.17) is 11.7 Å². The van der Waals surface area contributed by atoms with Crippen molar-refractivity contribution in [2.45, 2.75) is 20.3 Å². The first-order chi connectivity index (χ1) is 4.20. The highest BCUT2D eigenvalue weighted by Gasteiger charge is 1.92. The molecular formula is C5H12N4. The first kappa shape index (κ1) is 7.94. The molecule has 0 aromatic rings. The SMILES string of the molecule is CC(C/C(C)=N/N)=NN. The van der Waals surface area contributed by atoms with E-state index in [1.54, 1.807) is 0 Å². The third-order valence-corrected chi connectivity index (χ3v) is 0.952. The molecule has 0 fully saturated rings. The first-order valence-corrected chi connectivity index (χ1v) is 2.67. The summed E-state index contributed by atoms with van der Waals surface area (Å²) in [4.78, 5) is 0. The lowest BCUT2D eigenvalue weighted by Crippen LogP contribution is -2.05. The molecule has 0 aliphatic rings. The average molecular weight is 128 g/mol. The van der Waals surface area contributed by atoms with Crippen LogP contribution in [0.25, 0.3) is 0 Å². The second-order valence-corrected chi connectivity index (χ2v) is 1.91. The fraction of sp³-hybridized carbons (Fsp3) is 0.600. The zero-order valence-electron chi connectivity index (χ0n) is 5.76. The van der Waals surface area contributed by atoms with Gasteiger partial charge >= 0.3 is 0 Å². The van der Waals surface area contributed by atoms with E-state index in [2.05, 4.69) is 10.2 Å². The minimum Gasteiger partial charge on any atom is -0.323 e. The lowest BCUT2D eigenvalue weighted by Gasteiger charge is -1.94. The van der Waals surface area contributed by atoms with Gasteiger partial charge < -0.3 is 11.7 Å². The van der Waals surface area contributed by atoms with Crippen LogP contribution >= 0.6 is 0 Å². The van der Waals surface area contributed by atoms with Crippen LogP contribution in [0.2, 0.25) is 0 Å². The quantitative estimate of drug-likeness (QED) is 0.313. The van der Waals surface area contributed by atoms with E-state index in [-0.39, 0.29) is 0 Å². The summed E-state index contributed by atoms with van der Waals surface area (Å²) < 4.78 is 0. The third-order valence-electron chi connectivity index (χ3n) is 0.952. The van der Waals surface area contributed by atoms with Crippen LogP contribution in [-0.4, -0.2) is 11.4 Å². The van der Waals surface area contributed by atoms with E-state index in [1.807, 2.05) is 13.8 Å². The van der Waals surface area contributed by atoms with Crippen LogP contribution < -0.4 is 11.7 Å². The molecule has 0 aromatic carbocycles. The fourth-order valence-corrected chi connectivity index (χ4v) is 0.462. The van der Waals surface area contributed by atoms with E-state index in [9.17, 15) is 0 Å². The summed E-state index contributed by atoms with van der Waals surface area (Å²) in [5, 5.41) is 6.91. The van der Waals surface area contributed by atoms with Gasteiger partial charge in [0.15, 0.2) is 0 Å². The van der Waals surface area contributed by atoms with Crippen LogP contribution in [0.4, 0.5) is 0 Å². The Morgan fingerprint density at radius 2 is 1.44 bits per heavy atom. The highest BCUT2D eigenvalue weighted by atomic mass is 15.1. The first-order valence-electron chi connectivity index (χ1n) is 2.67. The molecule has 0 unspecified atom stereocenters. The molecule has 0 rings (SSSR count). The molecule has 0 atom stereocenters. The van der Waals surface area contributed by atoms with Crippen molar-refractivity contribution < 1.29 is 0 Å². The monoisotopic (exact) mass is 128 g/mol. The normalized spacial score (nSPS) is 14.0. The molecule has 0 aromatic heterocycles. The summed E-state index contributed by atoms with van der Waals surface area (Å²) >= 11 is 0. The molecule has 4 N–H and O–H groups in total. The van der Waals surface area contributed by atoms with Crippen molar-refractivity contribution >= 4 is 11.4 Å². The van der Waals surface area contributed by atoms with Crippen molar-refractivity contribution in [2.24, 2.45) is 21.9 Å². The molecule has 0 amide bonds. The van der Waals surface area contributed by atoms with Crippen LogP contribution in [0.15, 0.2) is 10.2 Å². The lowest BCUT2D eigenvalue weighted by molar-refractivity contribution is 1.18. The Hall–Kier alpha value is -1.06. The largest absolute Gasteiger partial charge is 0.323 e. The summed E-state index contributed by atoms with van der Waals surface area (Å²) in [7, 11) is 0. The number of nitrogens with two attached hydrogens (primary N) is 2. The smallest absolute Gasteiger partial charge is 0.0401 e. The molecule has 0 heterocycles. The Labute approximate surface area is 54.6 Å². The van der Waals surface area contributed by atoms with Gasteiger partial charge in [-0.05, 0) is 13.8 Å². The minimum absolute atomic E-state index is 0.660. The van der Waals surface area contributed by atoms with Crippen LogP contribution in [-0.2, 0) is 0 Å². The van der Waals surface area contributed by atoms with Gasteiger partial charge in [-0.25, -0.2) is 0 Å². The van der Waals surface area contributed by atoms with E-state index in [1.165, 1.54) is 0 Å². The van der Waals surface area contributed by atoms with Crippen molar-refractivity contribution in [1.82, 2.24) is 0 Å². The summed E-state index contributed by atoms with van der Waals surface area (Å²) in [6.07, 6.45) is 0.660. The van der Waals surface area contributed by atoms with Crippen molar-refractivity contribution in [3.63, 3.8) is 0 Å². The van der Waals surface area contributed by atoms with Gasteiger partial charge in [-0.3, -0.25) is 0 Å². The third kappa shape index (κ3) is 3.52. The maximum atomic E-state index is 4.97. The zero-order chi connectivity index (χ0) is 7.28. The molecule has 4 nitrogen and oxygen atoms in total. The molecule has 0 radical (unpaired) electrons. The molecule has 0 spiro atoms. The standard InChI is InChI=1S/C5H12N4/c1-4(8-6)3-5(2)9-7/h3,6-7H2,1-2H3/b8-4+,9-5?. The second-order valence-electron chi connectivity index (χ2n) is 1.91. The molecule has 0 aliphatic carbocycles. The van der Waals surface area contributed by atoms with Gasteiger partial charge in [0, 0.05) is 17.8 Å². The van der Waals surface area contributed by atoms with Crippen LogP contribution in [0.3, 0.4) is 0 Å². The molecule has 0 aliphatic heterocycles. The van der Waals surface area contributed by atoms with Crippen LogP contribution in [0.5, 0.6) is 0 Å². The maximum absolute atomic E-state index is 4.97. The van der Waals surface area contributed by atoms with Crippen molar-refractivity contribution in [3.8, 4) is 0 Å². The van der Waals surface area contributed by atoms with Gasteiger partial charge in [-0.1, -0.05) is 0 Å². The number of rotatable bonds is 2. The van der Waals surface area contributed by atoms with Gasteiger partial charge in [-0.2, -0.15) is 10.2 Å². The second kappa shape index (κ2) is 3.88. The summed E-state index contributed by atoms with van der Waals surface area (Å²) in [5.74, 6) is 9.93. The van der Waals surface area contributed by atoms with Crippen molar-refractivity contribution in [3.05, 3.63) is 0 Å². The Balaban J connectivity index is 3.75. The van der Waals surface area contributed by atoms with Gasteiger partial charge in [0.2, 0.25) is 0 Å². The van der Waals surface area contributed by atoms with Gasteiger partial charge in [-0.15, -0.1) is 0 Å². The minimum atomic E-state index is 0.660. The topological polar surface area (TPSA) is 76.8 Å². The van der Waals surface area contributed by atoms with Crippen LogP contribution in [0.1, 0.15) is 20.3 Å². The maximum Gasteiger partial charge on any atom is 0.0401 e. The molecule has 4 heteroatoms. The Morgan fingerprint density at radius 1 is 1.11 bits per heavy atom. The highest BCUT2D eigenvalue weighted by Crippen LogP contribution is 1.86. The van der Waals surface area contributed by atoms with Crippen molar-refractivity contribution in [2.75, 3.05) is 0 Å². The van der Waals surface area contributed by atoms with E-state index >= 15 is 0 Å². The molecule has 9 heavy (non-hydrogen) atoms. The lowest BCUT2D eigenvalue weighted by atomic mass is 10.2. The van der Waals surface area contributed by atoms with Gasteiger partial charge in [0.05, 0.1) is 0 Å². The predicted molar refractivity (Wildman–Crippen MR) is 39.2 cm³/mol. The fourth-order valence-electron chi connectivity index (χ4n) is 0.462. The predicted octanol–water partition coefficient (Wildman–Crippen LogP) is 0.0457. The average Bonchev–Trinajstić information content (AvgIpc) is 1.87. The number of hydrogen-bond donors (Lipinski definition) is 2. The highest BCUT2D eigenvalue weighted by molar-refractivity contribution is 6.02. The molecule has 0 bridgehead atoms. The van der Waals surface area contributed by atoms with E-state index in [0.717, 1.165) is 11.4 Å². The molecule has 0 saturated carbocycles. The van der Waals surface area contributed by atoms with E-state index < -0.39 is 0 Å². The van der Waals surface area contributed by atoms with Crippen LogP contribution in [0, 0.1) is 0 Å². The number of nitrogens with zero attached hydrogens (tertiary/aromatic N) is 2. The summed E-state index contributed by atoms with van der Waals surface area (Å²) in [5.41, 5.74) is 1.67. The Morgan fingerprint density at radius 3 is 1.67 bits per heavy atom.